The molecule has 0 radical (unpaired) electrons. The Morgan fingerprint density at radius 3 is 1.48 bits per heavy atom. The standard InChI is InChI=1S/C20H17I6N3O.C20H26I.C18H11NO5S.F5P.FH.I2/c1-2-3-4-15-30-17-8-5-16(6-9-17)7-10-18-27-19(11-13-25(21)22)29-20(28-18)12-14-26(23)24;1-19(2,3)15-7-11-17(12-8-15)21-18-13-9-16(10-14-18)20(4,5)6;20-17-14-10-4-6-12-7-5-11-15(16(12)14)18(21)19(17)24-25(22,23)13-8-2-1-3-9-13;1-6(2,3,4)5;;1-2/h5-10H,2-4,15H2,1H3;7-14H,1-6H3;1-11H;;1H;/q;-1;;;;/b10-7+;;;;;. The summed E-state index contributed by atoms with van der Waals surface area (Å²) in [6.45, 7) is 16.5. The molecule has 1 aliphatic heterocycles. The van der Waals surface area contributed by atoms with E-state index in [4.69, 9.17) is 9.02 Å². The fourth-order valence-electron chi connectivity index (χ4n) is 7.08. The fraction of sp³-hybridized carbons (Fsp3) is 0.224. The number of carbonyl (C=O) groups is 2. The molecule has 0 spiro atoms. The van der Waals surface area contributed by atoms with Crippen LogP contribution in [0.5, 0.6) is 5.75 Å². The number of halogens is 15. The molecule has 460 valence electrons. The molecular formula is C58H55F6I9N4O6PS-. The van der Waals surface area contributed by atoms with Crippen molar-refractivity contribution in [3.8, 4) is 25.4 Å². The van der Waals surface area contributed by atoms with E-state index in [1.54, 1.807) is 30.3 Å². The van der Waals surface area contributed by atoms with E-state index in [0.717, 1.165) is 29.7 Å². The third-order valence-electron chi connectivity index (χ3n) is 11.0. The summed E-state index contributed by atoms with van der Waals surface area (Å²) >= 11 is 11.3. The summed E-state index contributed by atoms with van der Waals surface area (Å²) in [4.78, 5) is 38.5. The number of hydrogen-bond acceptors (Lipinski definition) is 9. The summed E-state index contributed by atoms with van der Waals surface area (Å²) in [6.07, 6.45) is 7.34. The maximum Gasteiger partial charge on any atom is 0.318 e. The van der Waals surface area contributed by atoms with Crippen LogP contribution in [0.1, 0.15) is 123 Å². The maximum absolute atomic E-state index is 12.6. The van der Waals surface area contributed by atoms with Gasteiger partial charge >= 0.3 is 382 Å². The number of carbonyl (C=O) groups excluding carboxylic acids is 2. The molecule has 27 heteroatoms. The molecular weight excluding hydrogens is 2170 g/mol. The molecule has 85 heavy (non-hydrogen) atoms. The van der Waals surface area contributed by atoms with Gasteiger partial charge in [0.1, 0.15) is 0 Å². The Bertz CT molecular complexity index is 3450. The van der Waals surface area contributed by atoms with Crippen LogP contribution >= 0.6 is 144 Å². The Morgan fingerprint density at radius 1 is 0.624 bits per heavy atom. The van der Waals surface area contributed by atoms with Crippen molar-refractivity contribution in [2.75, 3.05) is 6.61 Å². The molecule has 1 aliphatic rings. The molecule has 2 heterocycles. The van der Waals surface area contributed by atoms with E-state index in [9.17, 15) is 39.0 Å². The maximum atomic E-state index is 12.6. The van der Waals surface area contributed by atoms with Crippen LogP contribution in [-0.2, 0) is 25.2 Å². The van der Waals surface area contributed by atoms with Crippen LogP contribution in [-0.4, -0.2) is 46.9 Å². The minimum Gasteiger partial charge on any atom is -0.266 e. The summed E-state index contributed by atoms with van der Waals surface area (Å²) < 4.78 is 94.0. The largest absolute Gasteiger partial charge is 0.318 e. The molecule has 0 saturated heterocycles. The molecule has 0 unspecified atom stereocenters. The number of hydroxylamine groups is 2. The topological polar surface area (TPSA) is 129 Å². The van der Waals surface area contributed by atoms with E-state index in [0.29, 0.717) is 27.9 Å². The Morgan fingerprint density at radius 2 is 1.07 bits per heavy atom. The number of hydrogen-bond donors (Lipinski definition) is 0. The summed E-state index contributed by atoms with van der Waals surface area (Å²) in [5, 5.41) is 1.53. The second-order valence-electron chi connectivity index (χ2n) is 19.3. The van der Waals surface area contributed by atoms with Gasteiger partial charge in [-0.1, -0.05) is 62.2 Å². The second kappa shape index (κ2) is 36.8. The van der Waals surface area contributed by atoms with Crippen molar-refractivity contribution < 1.29 is 73.9 Å². The van der Waals surface area contributed by atoms with Crippen molar-refractivity contribution in [3.63, 3.8) is 0 Å². The molecule has 6 aromatic carbocycles. The Labute approximate surface area is 580 Å². The first-order chi connectivity index (χ1) is 39.3. The average molecular weight is 2220 g/mol. The first-order valence-electron chi connectivity index (χ1n) is 24.6. The van der Waals surface area contributed by atoms with Crippen molar-refractivity contribution >= 4 is 188 Å². The normalized spacial score (nSPS) is 12.7. The number of imide groups is 1. The molecule has 1 aromatic heterocycles. The third-order valence-corrected chi connectivity index (χ3v) is 21.7. The second-order valence-corrected chi connectivity index (χ2v) is 71.3. The number of nitrogens with zero attached hydrogens (tertiary/aromatic N) is 4. The number of unbranched alkanes of at least 4 members (excludes halogenated alkanes) is 2. The van der Waals surface area contributed by atoms with E-state index in [-0.39, 0.29) is 52.8 Å². The van der Waals surface area contributed by atoms with Gasteiger partial charge in [0.05, 0.1) is 22.6 Å². The van der Waals surface area contributed by atoms with E-state index >= 15 is 0 Å². The Hall–Kier alpha value is -1.12. The average Bonchev–Trinajstić information content (AvgIpc) is 1.07. The van der Waals surface area contributed by atoms with Crippen molar-refractivity contribution in [1.29, 1.82) is 0 Å². The van der Waals surface area contributed by atoms with E-state index in [1.165, 1.54) is 67.5 Å². The molecule has 8 rings (SSSR count). The van der Waals surface area contributed by atoms with Crippen LogP contribution in [0.15, 0.2) is 144 Å². The Kier molecular flexibility index (Phi) is 33.8. The van der Waals surface area contributed by atoms with E-state index < -0.39 is 53.8 Å². The quantitative estimate of drug-likeness (QED) is 0.0293. The SMILES string of the molecule is CC(C)(C)c1ccc([I-]c2ccc(C(C)(C)C)cc2)cc1.CCCCCOc1ccc(/C=C/c2nc(C#CI(I)I)nc(C#CI(I)I)n2)cc1.F.FP(F)(F)(F)F.II.O=C1c2cccc3cccc(c23)C(=O)N1OS(=O)(=O)c1ccccc1. The predicted molar refractivity (Wildman–Crippen MR) is 398 cm³/mol. The zero-order valence-corrected chi connectivity index (χ0v) is 67.2. The molecule has 0 aliphatic carbocycles. The van der Waals surface area contributed by atoms with Gasteiger partial charge in [-0.05, 0) is 36.1 Å². The predicted octanol–water partition coefficient (Wildman–Crippen LogP) is 18.7. The van der Waals surface area contributed by atoms with Gasteiger partial charge < -0.3 is 0 Å². The summed E-state index contributed by atoms with van der Waals surface area (Å²) in [7, 11) is -12.9. The van der Waals surface area contributed by atoms with Crippen LogP contribution in [0.2, 0.25) is 0 Å². The first-order valence-corrected chi connectivity index (χ1v) is 63.5. The van der Waals surface area contributed by atoms with E-state index in [1.807, 2.05) is 36.4 Å². The first kappa shape index (κ1) is 78.1. The van der Waals surface area contributed by atoms with Crippen molar-refractivity contribution in [3.05, 3.63) is 192 Å². The zero-order valence-electron chi connectivity index (χ0n) is 46.1. The van der Waals surface area contributed by atoms with Gasteiger partial charge in [-0.3, -0.25) is 14.3 Å². The minimum absolute atomic E-state index is 0. The van der Waals surface area contributed by atoms with Crippen LogP contribution < -0.4 is 25.9 Å². The number of benzene rings is 6. The smallest absolute Gasteiger partial charge is 0.266 e. The summed E-state index contributed by atoms with van der Waals surface area (Å²) in [5.74, 6) is 6.98. The van der Waals surface area contributed by atoms with Gasteiger partial charge in [0.15, 0.2) is 0 Å². The van der Waals surface area contributed by atoms with Crippen LogP contribution in [0.3, 0.4) is 0 Å². The molecule has 7 aromatic rings. The van der Waals surface area contributed by atoms with Gasteiger partial charge in [0.25, 0.3) is 11.8 Å². The van der Waals surface area contributed by atoms with Crippen LogP contribution in [0.25, 0.3) is 22.9 Å². The monoisotopic (exact) mass is 2220 g/mol. The number of amides is 2. The van der Waals surface area contributed by atoms with Gasteiger partial charge in [-0.2, -0.15) is 8.42 Å². The number of rotatable bonds is 12. The molecule has 0 atom stereocenters. The molecule has 0 bridgehead atoms. The third kappa shape index (κ3) is 28.9. The molecule has 0 fully saturated rings. The van der Waals surface area contributed by atoms with Gasteiger partial charge in [0, 0.05) is 42.6 Å². The minimum atomic E-state index is -8.55. The van der Waals surface area contributed by atoms with Gasteiger partial charge in [-0.25, -0.2) is 0 Å². The number of aromatic nitrogens is 3. The molecule has 0 saturated carbocycles. The zero-order chi connectivity index (χ0) is 62.5. The number of ether oxygens (including phenoxy) is 1. The summed E-state index contributed by atoms with van der Waals surface area (Å²) in [5.41, 5.74) is 4.80. The fourth-order valence-corrected chi connectivity index (χ4v) is 13.8. The van der Waals surface area contributed by atoms with Gasteiger partial charge in [-0.15, -0.1) is 9.35 Å². The molecule has 2 amide bonds. The van der Waals surface area contributed by atoms with Crippen molar-refractivity contribution in [2.24, 2.45) is 0 Å². The van der Waals surface area contributed by atoms with Crippen molar-refractivity contribution in [2.45, 2.75) is 83.5 Å². The summed E-state index contributed by atoms with van der Waals surface area (Å²) in [6, 6.07) is 43.7. The Balaban J connectivity index is 0.000000315. The molecule has 10 nitrogen and oxygen atoms in total. The van der Waals surface area contributed by atoms with Gasteiger partial charge in [0.2, 0.25) is 0 Å². The molecule has 0 N–H and O–H groups in total. The van der Waals surface area contributed by atoms with Crippen molar-refractivity contribution in [1.82, 2.24) is 20.0 Å². The van der Waals surface area contributed by atoms with E-state index in [2.05, 4.69) is 243 Å². The van der Waals surface area contributed by atoms with Crippen LogP contribution in [0, 0.1) is 26.8 Å². The van der Waals surface area contributed by atoms with Crippen LogP contribution in [0.4, 0.5) is 25.7 Å².